The van der Waals surface area contributed by atoms with Crippen molar-refractivity contribution < 1.29 is 18.7 Å². The van der Waals surface area contributed by atoms with E-state index in [0.29, 0.717) is 12.6 Å². The Kier molecular flexibility index (Phi) is 4.96. The minimum atomic E-state index is -0.654. The van der Waals surface area contributed by atoms with Gasteiger partial charge in [0.25, 0.3) is 0 Å². The maximum absolute atomic E-state index is 13.8. The molecule has 1 atom stereocenters. The molecule has 1 saturated heterocycles. The van der Waals surface area contributed by atoms with Gasteiger partial charge in [0.05, 0.1) is 18.3 Å². The zero-order valence-corrected chi connectivity index (χ0v) is 12.7. The highest BCUT2D eigenvalue weighted by molar-refractivity contribution is 5.89. The molecule has 1 heterocycles. The number of halogens is 1. The minimum absolute atomic E-state index is 0.0338. The first-order chi connectivity index (χ1) is 9.91. The summed E-state index contributed by atoms with van der Waals surface area (Å²) < 4.78 is 24.0. The van der Waals surface area contributed by atoms with Crippen LogP contribution in [0.3, 0.4) is 0 Å². The highest BCUT2D eigenvalue weighted by Gasteiger charge is 2.28. The summed E-state index contributed by atoms with van der Waals surface area (Å²) in [6.45, 7) is 5.46. The van der Waals surface area contributed by atoms with Crippen molar-refractivity contribution in [1.82, 2.24) is 5.32 Å². The number of ether oxygens (including phenoxy) is 2. The maximum atomic E-state index is 13.8. The van der Waals surface area contributed by atoms with Crippen LogP contribution in [0.4, 0.5) is 4.39 Å². The van der Waals surface area contributed by atoms with Gasteiger partial charge in [0.15, 0.2) is 0 Å². The van der Waals surface area contributed by atoms with Gasteiger partial charge in [-0.2, -0.15) is 0 Å². The fraction of sp³-hybridized carbons (Fsp3) is 0.562. The second kappa shape index (κ2) is 6.54. The molecule has 1 unspecified atom stereocenters. The minimum Gasteiger partial charge on any atom is -0.465 e. The Labute approximate surface area is 124 Å². The molecule has 4 nitrogen and oxygen atoms in total. The van der Waals surface area contributed by atoms with Gasteiger partial charge in [-0.3, -0.25) is 0 Å². The molecule has 1 aromatic carbocycles. The first-order valence-electron chi connectivity index (χ1n) is 7.15. The molecule has 0 aromatic heterocycles. The molecule has 1 N–H and O–H groups in total. The molecule has 1 fully saturated rings. The molecule has 21 heavy (non-hydrogen) atoms. The number of nitrogens with one attached hydrogen (secondary N) is 1. The third-order valence-corrected chi connectivity index (χ3v) is 3.73. The number of hydrogen-bond acceptors (Lipinski definition) is 4. The van der Waals surface area contributed by atoms with E-state index in [1.807, 2.05) is 0 Å². The lowest BCUT2D eigenvalue weighted by Gasteiger charge is -2.36. The Balaban J connectivity index is 1.95. The van der Waals surface area contributed by atoms with E-state index in [2.05, 4.69) is 23.9 Å². The summed E-state index contributed by atoms with van der Waals surface area (Å²) in [5.41, 5.74) is 0.661. The number of carbonyl (C=O) groups excluding carboxylic acids is 1. The summed E-state index contributed by atoms with van der Waals surface area (Å²) in [6.07, 6.45) is 1.88. The van der Waals surface area contributed by atoms with E-state index >= 15 is 0 Å². The van der Waals surface area contributed by atoms with Gasteiger partial charge in [0, 0.05) is 19.2 Å². The van der Waals surface area contributed by atoms with Gasteiger partial charge >= 0.3 is 5.97 Å². The average Bonchev–Trinajstić information content (AvgIpc) is 2.43. The van der Waals surface area contributed by atoms with Crippen LogP contribution in [0.5, 0.6) is 0 Å². The van der Waals surface area contributed by atoms with E-state index in [1.165, 1.54) is 19.2 Å². The lowest BCUT2D eigenvalue weighted by atomic mass is 9.94. The number of esters is 1. The summed E-state index contributed by atoms with van der Waals surface area (Å²) >= 11 is 0. The third-order valence-electron chi connectivity index (χ3n) is 3.73. The second-order valence-electron chi connectivity index (χ2n) is 5.98. The van der Waals surface area contributed by atoms with Crippen LogP contribution in [0.1, 0.15) is 42.6 Å². The van der Waals surface area contributed by atoms with Crippen LogP contribution in [-0.2, 0) is 16.0 Å². The van der Waals surface area contributed by atoms with E-state index in [1.54, 1.807) is 6.07 Å². The molecule has 0 aliphatic carbocycles. The van der Waals surface area contributed by atoms with Gasteiger partial charge in [-0.05, 0) is 44.4 Å². The van der Waals surface area contributed by atoms with Crippen LogP contribution in [0.25, 0.3) is 0 Å². The van der Waals surface area contributed by atoms with Crippen molar-refractivity contribution in [2.45, 2.75) is 44.9 Å². The monoisotopic (exact) mass is 295 g/mol. The highest BCUT2D eigenvalue weighted by Crippen LogP contribution is 2.24. The molecule has 0 spiro atoms. The first-order valence-corrected chi connectivity index (χ1v) is 7.15. The van der Waals surface area contributed by atoms with E-state index in [-0.39, 0.29) is 11.2 Å². The van der Waals surface area contributed by atoms with Gasteiger partial charge in [-0.15, -0.1) is 0 Å². The Bertz CT molecular complexity index is 516. The summed E-state index contributed by atoms with van der Waals surface area (Å²) in [4.78, 5) is 11.3. The Morgan fingerprint density at radius 2 is 2.29 bits per heavy atom. The molecule has 2 rings (SSSR count). The summed E-state index contributed by atoms with van der Waals surface area (Å²) in [5.74, 6) is -1.20. The van der Waals surface area contributed by atoms with E-state index in [0.717, 1.165) is 25.0 Å². The standard InChI is InChI=1S/C16H22FNO3/c1-16(2)9-12(6-7-21-16)18-10-11-4-5-13(14(17)8-11)15(19)20-3/h4-5,8,12,18H,6-7,9-10H2,1-3H3. The number of benzene rings is 1. The zero-order valence-electron chi connectivity index (χ0n) is 12.7. The zero-order chi connectivity index (χ0) is 15.5. The predicted octanol–water partition coefficient (Wildman–Crippen LogP) is 2.66. The van der Waals surface area contributed by atoms with Crippen molar-refractivity contribution in [3.8, 4) is 0 Å². The van der Waals surface area contributed by atoms with Gasteiger partial charge in [0.2, 0.25) is 0 Å². The van der Waals surface area contributed by atoms with Gasteiger partial charge in [-0.25, -0.2) is 9.18 Å². The molecule has 0 bridgehead atoms. The van der Waals surface area contributed by atoms with Crippen molar-refractivity contribution >= 4 is 5.97 Å². The lowest BCUT2D eigenvalue weighted by Crippen LogP contribution is -2.43. The molecular weight excluding hydrogens is 273 g/mol. The molecule has 1 aliphatic heterocycles. The van der Waals surface area contributed by atoms with Crippen LogP contribution in [0.15, 0.2) is 18.2 Å². The van der Waals surface area contributed by atoms with Gasteiger partial charge in [0.1, 0.15) is 5.82 Å². The molecule has 5 heteroatoms. The highest BCUT2D eigenvalue weighted by atomic mass is 19.1. The van der Waals surface area contributed by atoms with E-state index < -0.39 is 11.8 Å². The first kappa shape index (κ1) is 15.9. The number of rotatable bonds is 4. The Hall–Kier alpha value is -1.46. The predicted molar refractivity (Wildman–Crippen MR) is 77.6 cm³/mol. The Morgan fingerprint density at radius 1 is 1.52 bits per heavy atom. The summed E-state index contributed by atoms with van der Waals surface area (Å²) in [6, 6.07) is 4.94. The molecule has 0 amide bonds. The number of methoxy groups -OCH3 is 1. The quantitative estimate of drug-likeness (QED) is 0.868. The van der Waals surface area contributed by atoms with Crippen molar-refractivity contribution in [2.24, 2.45) is 0 Å². The summed E-state index contributed by atoms with van der Waals surface area (Å²) in [5, 5.41) is 3.42. The van der Waals surface area contributed by atoms with E-state index in [9.17, 15) is 9.18 Å². The maximum Gasteiger partial charge on any atom is 0.340 e. The van der Waals surface area contributed by atoms with Crippen LogP contribution < -0.4 is 5.32 Å². The van der Waals surface area contributed by atoms with Gasteiger partial charge in [-0.1, -0.05) is 6.07 Å². The normalized spacial score (nSPS) is 21.0. The van der Waals surface area contributed by atoms with Crippen LogP contribution in [0.2, 0.25) is 0 Å². The summed E-state index contributed by atoms with van der Waals surface area (Å²) in [7, 11) is 1.24. The second-order valence-corrected chi connectivity index (χ2v) is 5.98. The number of carbonyl (C=O) groups is 1. The van der Waals surface area contributed by atoms with E-state index in [4.69, 9.17) is 4.74 Å². The average molecular weight is 295 g/mol. The van der Waals surface area contributed by atoms with Crippen LogP contribution >= 0.6 is 0 Å². The number of hydrogen-bond donors (Lipinski definition) is 1. The topological polar surface area (TPSA) is 47.6 Å². The largest absolute Gasteiger partial charge is 0.465 e. The van der Waals surface area contributed by atoms with Crippen LogP contribution in [-0.4, -0.2) is 31.3 Å². The van der Waals surface area contributed by atoms with Crippen molar-refractivity contribution in [3.63, 3.8) is 0 Å². The Morgan fingerprint density at radius 3 is 2.90 bits per heavy atom. The fourth-order valence-electron chi connectivity index (χ4n) is 2.61. The smallest absolute Gasteiger partial charge is 0.340 e. The molecular formula is C16H22FNO3. The molecule has 1 aromatic rings. The molecule has 0 radical (unpaired) electrons. The third kappa shape index (κ3) is 4.25. The molecule has 1 aliphatic rings. The molecule has 0 saturated carbocycles. The van der Waals surface area contributed by atoms with Crippen molar-refractivity contribution in [2.75, 3.05) is 13.7 Å². The van der Waals surface area contributed by atoms with Crippen molar-refractivity contribution in [3.05, 3.63) is 35.1 Å². The SMILES string of the molecule is COC(=O)c1ccc(CNC2CCOC(C)(C)C2)cc1F. The fourth-order valence-corrected chi connectivity index (χ4v) is 2.61. The van der Waals surface area contributed by atoms with Crippen molar-refractivity contribution in [1.29, 1.82) is 0 Å². The lowest BCUT2D eigenvalue weighted by molar-refractivity contribution is -0.0630. The molecule has 116 valence electrons. The van der Waals surface area contributed by atoms with Gasteiger partial charge < -0.3 is 14.8 Å². The van der Waals surface area contributed by atoms with Crippen LogP contribution in [0, 0.1) is 5.82 Å².